The fourth-order valence-electron chi connectivity index (χ4n) is 2.64. The fraction of sp³-hybridized carbons (Fsp3) is 0.200. The topological polar surface area (TPSA) is 108 Å². The molecule has 1 aromatic heterocycles. The molecule has 29 heavy (non-hydrogen) atoms. The number of nitrogens with one attached hydrogen (secondary N) is 1. The first kappa shape index (κ1) is 20.3. The average Bonchev–Trinajstić information content (AvgIpc) is 3.16. The number of hydrogen-bond acceptors (Lipinski definition) is 7. The van der Waals surface area contributed by atoms with E-state index in [1.54, 1.807) is 13.2 Å². The number of nitro groups is 1. The molecule has 0 saturated heterocycles. The van der Waals surface area contributed by atoms with Crippen molar-refractivity contribution in [2.45, 2.75) is 6.42 Å². The smallest absolute Gasteiger partial charge is 0.348 e. The number of carbonyl (C=O) groups excluding carboxylic acids is 2. The molecule has 9 heteroatoms. The number of amides is 1. The van der Waals surface area contributed by atoms with Gasteiger partial charge in [0, 0.05) is 28.8 Å². The summed E-state index contributed by atoms with van der Waals surface area (Å²) in [5.74, 6) is -0.275. The van der Waals surface area contributed by atoms with Gasteiger partial charge < -0.3 is 14.8 Å². The average molecular weight is 414 g/mol. The molecule has 1 heterocycles. The summed E-state index contributed by atoms with van der Waals surface area (Å²) in [6, 6.07) is 13.4. The van der Waals surface area contributed by atoms with Gasteiger partial charge in [-0.1, -0.05) is 12.1 Å². The number of non-ortho nitro benzene ring substituents is 1. The Hall–Kier alpha value is -3.46. The highest BCUT2D eigenvalue weighted by molar-refractivity contribution is 7.20. The zero-order valence-corrected chi connectivity index (χ0v) is 16.4. The summed E-state index contributed by atoms with van der Waals surface area (Å²) in [6.07, 6.45) is 0.638. The van der Waals surface area contributed by atoms with Crippen LogP contribution in [0.5, 0.6) is 5.75 Å². The molecule has 8 nitrogen and oxygen atoms in total. The van der Waals surface area contributed by atoms with Gasteiger partial charge in [-0.2, -0.15) is 0 Å². The summed E-state index contributed by atoms with van der Waals surface area (Å²) in [5.41, 5.74) is 0.994. The lowest BCUT2D eigenvalue weighted by atomic mass is 10.1. The van der Waals surface area contributed by atoms with E-state index in [0.717, 1.165) is 27.3 Å². The number of fused-ring (bicyclic) bond motifs is 1. The van der Waals surface area contributed by atoms with Crippen molar-refractivity contribution in [2.24, 2.45) is 0 Å². The molecule has 3 aromatic rings. The summed E-state index contributed by atoms with van der Waals surface area (Å²) in [6.45, 7) is 0.0190. The number of ether oxygens (including phenoxy) is 2. The van der Waals surface area contributed by atoms with E-state index >= 15 is 0 Å². The fourth-order valence-corrected chi connectivity index (χ4v) is 3.57. The maximum Gasteiger partial charge on any atom is 0.348 e. The van der Waals surface area contributed by atoms with Gasteiger partial charge in [0.1, 0.15) is 10.6 Å². The highest BCUT2D eigenvalue weighted by Gasteiger charge is 2.15. The van der Waals surface area contributed by atoms with Crippen LogP contribution in [0.3, 0.4) is 0 Å². The lowest BCUT2D eigenvalue weighted by Gasteiger charge is -2.06. The number of rotatable bonds is 8. The van der Waals surface area contributed by atoms with Crippen molar-refractivity contribution in [2.75, 3.05) is 20.3 Å². The molecule has 0 saturated carbocycles. The largest absolute Gasteiger partial charge is 0.497 e. The number of carbonyl (C=O) groups is 2. The molecule has 0 unspecified atom stereocenters. The first-order chi connectivity index (χ1) is 14.0. The number of nitro benzene ring substituents is 1. The first-order valence-electron chi connectivity index (χ1n) is 8.71. The lowest BCUT2D eigenvalue weighted by molar-refractivity contribution is -0.384. The third-order valence-electron chi connectivity index (χ3n) is 4.14. The van der Waals surface area contributed by atoms with Crippen molar-refractivity contribution in [3.8, 4) is 5.75 Å². The molecule has 2 aromatic carbocycles. The van der Waals surface area contributed by atoms with Crippen molar-refractivity contribution in [1.82, 2.24) is 5.32 Å². The number of methoxy groups -OCH3 is 1. The molecule has 0 atom stereocenters. The molecule has 0 spiro atoms. The van der Waals surface area contributed by atoms with E-state index in [2.05, 4.69) is 5.32 Å². The van der Waals surface area contributed by atoms with Crippen LogP contribution in [-0.4, -0.2) is 37.1 Å². The first-order valence-corrected chi connectivity index (χ1v) is 9.52. The maximum atomic E-state index is 12.2. The Labute approximate surface area is 170 Å². The third-order valence-corrected chi connectivity index (χ3v) is 5.24. The van der Waals surface area contributed by atoms with Gasteiger partial charge >= 0.3 is 5.97 Å². The van der Waals surface area contributed by atoms with Crippen LogP contribution in [0.2, 0.25) is 0 Å². The van der Waals surface area contributed by atoms with Crippen LogP contribution in [0.1, 0.15) is 15.2 Å². The van der Waals surface area contributed by atoms with Gasteiger partial charge in [-0.15, -0.1) is 11.3 Å². The van der Waals surface area contributed by atoms with Crippen LogP contribution in [-0.2, 0) is 16.0 Å². The molecule has 150 valence electrons. The zero-order chi connectivity index (χ0) is 20.8. The number of benzene rings is 2. The maximum absolute atomic E-state index is 12.2. The minimum atomic E-state index is -0.640. The van der Waals surface area contributed by atoms with E-state index in [4.69, 9.17) is 9.47 Å². The second-order valence-corrected chi connectivity index (χ2v) is 7.20. The number of nitrogens with zero attached hydrogens (tertiary/aromatic N) is 1. The van der Waals surface area contributed by atoms with Crippen molar-refractivity contribution in [3.05, 3.63) is 69.1 Å². The molecule has 0 aliphatic heterocycles. The minimum absolute atomic E-state index is 0.0496. The Morgan fingerprint density at radius 1 is 1.14 bits per heavy atom. The second-order valence-electron chi connectivity index (χ2n) is 6.11. The highest BCUT2D eigenvalue weighted by atomic mass is 32.1. The van der Waals surface area contributed by atoms with Crippen LogP contribution >= 0.6 is 11.3 Å². The van der Waals surface area contributed by atoms with Gasteiger partial charge in [0.05, 0.1) is 12.0 Å². The van der Waals surface area contributed by atoms with E-state index in [9.17, 15) is 19.7 Å². The summed E-state index contributed by atoms with van der Waals surface area (Å²) >= 11 is 1.16. The van der Waals surface area contributed by atoms with Crippen LogP contribution in [0.15, 0.2) is 48.5 Å². The van der Waals surface area contributed by atoms with Crippen molar-refractivity contribution < 1.29 is 24.0 Å². The minimum Gasteiger partial charge on any atom is -0.497 e. The van der Waals surface area contributed by atoms with E-state index in [1.807, 2.05) is 24.3 Å². The van der Waals surface area contributed by atoms with Gasteiger partial charge in [0.15, 0.2) is 6.61 Å². The van der Waals surface area contributed by atoms with Crippen LogP contribution in [0, 0.1) is 10.1 Å². The SMILES string of the molecule is COc1ccc(CCNC(=O)COC(=O)c2cc3cc([N+](=O)[O-])ccc3s2)cc1. The van der Waals surface area contributed by atoms with E-state index < -0.39 is 23.4 Å². The molecule has 1 amide bonds. The standard InChI is InChI=1S/C20H18N2O6S/c1-27-16-5-2-13(3-6-16)8-9-21-19(23)12-28-20(24)18-11-14-10-15(22(25)26)4-7-17(14)29-18/h2-7,10-11H,8-9,12H2,1H3,(H,21,23). The van der Waals surface area contributed by atoms with Crippen LogP contribution < -0.4 is 10.1 Å². The molecule has 0 aliphatic carbocycles. The Morgan fingerprint density at radius 2 is 1.90 bits per heavy atom. The Bertz CT molecular complexity index is 1040. The Balaban J connectivity index is 1.47. The van der Waals surface area contributed by atoms with Gasteiger partial charge in [-0.3, -0.25) is 14.9 Å². The van der Waals surface area contributed by atoms with Crippen molar-refractivity contribution in [3.63, 3.8) is 0 Å². The van der Waals surface area contributed by atoms with Crippen molar-refractivity contribution >= 4 is 39.0 Å². The summed E-state index contributed by atoms with van der Waals surface area (Å²) in [4.78, 5) is 34.7. The summed E-state index contributed by atoms with van der Waals surface area (Å²) in [7, 11) is 1.60. The number of thiophene rings is 1. The highest BCUT2D eigenvalue weighted by Crippen LogP contribution is 2.29. The molecule has 0 bridgehead atoms. The van der Waals surface area contributed by atoms with Gasteiger partial charge in [0.25, 0.3) is 11.6 Å². The van der Waals surface area contributed by atoms with E-state index in [0.29, 0.717) is 18.4 Å². The molecule has 0 aliphatic rings. The molecular formula is C20H18N2O6S. The third kappa shape index (κ3) is 5.29. The molecule has 0 fully saturated rings. The lowest BCUT2D eigenvalue weighted by Crippen LogP contribution is -2.30. The monoisotopic (exact) mass is 414 g/mol. The molecular weight excluding hydrogens is 396 g/mol. The molecule has 3 rings (SSSR count). The summed E-state index contributed by atoms with van der Waals surface area (Å²) < 4.78 is 10.9. The van der Waals surface area contributed by atoms with Crippen molar-refractivity contribution in [1.29, 1.82) is 0 Å². The number of esters is 1. The predicted molar refractivity (Wildman–Crippen MR) is 108 cm³/mol. The normalized spacial score (nSPS) is 10.5. The zero-order valence-electron chi connectivity index (χ0n) is 15.5. The summed E-state index contributed by atoms with van der Waals surface area (Å²) in [5, 5.41) is 14.1. The Kier molecular flexibility index (Phi) is 6.40. The van der Waals surface area contributed by atoms with Gasteiger partial charge in [-0.25, -0.2) is 4.79 Å². The van der Waals surface area contributed by atoms with Gasteiger partial charge in [0.2, 0.25) is 0 Å². The van der Waals surface area contributed by atoms with Gasteiger partial charge in [-0.05, 0) is 36.2 Å². The predicted octanol–water partition coefficient (Wildman–Crippen LogP) is 3.33. The Morgan fingerprint density at radius 3 is 2.59 bits per heavy atom. The number of hydrogen-bond donors (Lipinski definition) is 1. The second kappa shape index (κ2) is 9.16. The van der Waals surface area contributed by atoms with E-state index in [-0.39, 0.29) is 10.6 Å². The van der Waals surface area contributed by atoms with E-state index in [1.165, 1.54) is 18.2 Å². The quantitative estimate of drug-likeness (QED) is 0.344. The molecule has 0 radical (unpaired) electrons. The van der Waals surface area contributed by atoms with Crippen LogP contribution in [0.4, 0.5) is 5.69 Å². The van der Waals surface area contributed by atoms with Crippen LogP contribution in [0.25, 0.3) is 10.1 Å². The molecule has 1 N–H and O–H groups in total.